The van der Waals surface area contributed by atoms with Crippen molar-refractivity contribution < 1.29 is 14.3 Å². The number of fused-ring (bicyclic) bond motifs is 1. The van der Waals surface area contributed by atoms with Gasteiger partial charge in [-0.3, -0.25) is 4.79 Å². The summed E-state index contributed by atoms with van der Waals surface area (Å²) in [6, 6.07) is 15.1. The van der Waals surface area contributed by atoms with E-state index in [1.807, 2.05) is 64.1 Å². The van der Waals surface area contributed by atoms with Crippen LogP contribution in [0.25, 0.3) is 0 Å². The van der Waals surface area contributed by atoms with Crippen molar-refractivity contribution in [3.05, 3.63) is 59.7 Å². The lowest BCUT2D eigenvalue weighted by molar-refractivity contribution is 0.0620. The number of carbonyl (C=O) groups is 1. The summed E-state index contributed by atoms with van der Waals surface area (Å²) in [6.07, 6.45) is 0.838. The molecule has 1 aliphatic heterocycles. The van der Waals surface area contributed by atoms with E-state index in [4.69, 9.17) is 9.47 Å². The molecule has 4 nitrogen and oxygen atoms in total. The molecule has 0 unspecified atom stereocenters. The van der Waals surface area contributed by atoms with Gasteiger partial charge in [0, 0.05) is 17.5 Å². The van der Waals surface area contributed by atoms with Gasteiger partial charge in [-0.2, -0.15) is 0 Å². The van der Waals surface area contributed by atoms with Gasteiger partial charge < -0.3 is 14.8 Å². The lowest BCUT2D eigenvalue weighted by atomic mass is 9.89. The van der Waals surface area contributed by atoms with E-state index in [0.717, 1.165) is 23.5 Å². The molecule has 2 aromatic carbocycles. The van der Waals surface area contributed by atoms with Crippen LogP contribution in [0.15, 0.2) is 48.5 Å². The molecular formula is C21H25NO3. The summed E-state index contributed by atoms with van der Waals surface area (Å²) in [4.78, 5) is 12.7. The summed E-state index contributed by atoms with van der Waals surface area (Å²) in [5.74, 6) is 1.52. The van der Waals surface area contributed by atoms with Gasteiger partial charge in [-0.25, -0.2) is 0 Å². The predicted molar refractivity (Wildman–Crippen MR) is 98.2 cm³/mol. The smallest absolute Gasteiger partial charge is 0.251 e. The molecule has 0 aromatic heterocycles. The zero-order valence-corrected chi connectivity index (χ0v) is 15.2. The molecule has 0 fully saturated rings. The Hall–Kier alpha value is -2.49. The largest absolute Gasteiger partial charge is 0.491 e. The average molecular weight is 339 g/mol. The van der Waals surface area contributed by atoms with Crippen LogP contribution in [-0.4, -0.2) is 17.6 Å². The summed E-state index contributed by atoms with van der Waals surface area (Å²) in [5.41, 5.74) is 1.33. The first-order valence-electron chi connectivity index (χ1n) is 8.69. The van der Waals surface area contributed by atoms with Crippen LogP contribution in [0, 0.1) is 0 Å². The first-order valence-corrected chi connectivity index (χ1v) is 8.69. The third kappa shape index (κ3) is 4.13. The Morgan fingerprint density at radius 1 is 1.16 bits per heavy atom. The van der Waals surface area contributed by atoms with E-state index in [1.54, 1.807) is 12.1 Å². The van der Waals surface area contributed by atoms with Crippen LogP contribution in [-0.2, 0) is 0 Å². The fourth-order valence-corrected chi connectivity index (χ4v) is 3.13. The lowest BCUT2D eigenvalue weighted by Gasteiger charge is -2.37. The number of benzene rings is 2. The van der Waals surface area contributed by atoms with Gasteiger partial charge >= 0.3 is 0 Å². The molecule has 4 heteroatoms. The van der Waals surface area contributed by atoms with Crippen molar-refractivity contribution in [3.8, 4) is 11.5 Å². The SMILES string of the molecule is CC(C)Oc1ccc(C(=O)N[C@H]2CC(C)(C)Oc3ccccc32)cc1. The summed E-state index contributed by atoms with van der Waals surface area (Å²) in [7, 11) is 0. The minimum atomic E-state index is -0.318. The van der Waals surface area contributed by atoms with Gasteiger partial charge in [0.1, 0.15) is 17.1 Å². The average Bonchev–Trinajstić information content (AvgIpc) is 2.54. The molecule has 1 amide bonds. The van der Waals surface area contributed by atoms with Crippen LogP contribution >= 0.6 is 0 Å². The summed E-state index contributed by atoms with van der Waals surface area (Å²) in [5, 5.41) is 3.15. The Morgan fingerprint density at radius 2 is 1.84 bits per heavy atom. The molecule has 1 N–H and O–H groups in total. The van der Waals surface area contributed by atoms with Gasteiger partial charge in [-0.05, 0) is 58.0 Å². The van der Waals surface area contributed by atoms with E-state index in [0.29, 0.717) is 5.56 Å². The second-order valence-electron chi connectivity index (χ2n) is 7.32. The predicted octanol–water partition coefficient (Wildman–Crippen LogP) is 4.51. The van der Waals surface area contributed by atoms with E-state index < -0.39 is 0 Å². The first-order chi connectivity index (χ1) is 11.8. The van der Waals surface area contributed by atoms with Gasteiger partial charge in [0.2, 0.25) is 0 Å². The van der Waals surface area contributed by atoms with Crippen molar-refractivity contribution in [2.45, 2.75) is 51.9 Å². The van der Waals surface area contributed by atoms with Crippen molar-refractivity contribution in [3.63, 3.8) is 0 Å². The molecule has 2 aromatic rings. The maximum Gasteiger partial charge on any atom is 0.251 e. The molecule has 0 spiro atoms. The molecule has 25 heavy (non-hydrogen) atoms. The van der Waals surface area contributed by atoms with Crippen molar-refractivity contribution >= 4 is 5.91 Å². The molecule has 0 saturated carbocycles. The van der Waals surface area contributed by atoms with E-state index in [-0.39, 0.29) is 23.7 Å². The quantitative estimate of drug-likeness (QED) is 0.892. The van der Waals surface area contributed by atoms with E-state index >= 15 is 0 Å². The highest BCUT2D eigenvalue weighted by molar-refractivity contribution is 5.94. The highest BCUT2D eigenvalue weighted by Gasteiger charge is 2.34. The van der Waals surface area contributed by atoms with Gasteiger partial charge in [0.05, 0.1) is 12.1 Å². The second-order valence-corrected chi connectivity index (χ2v) is 7.32. The highest BCUT2D eigenvalue weighted by atomic mass is 16.5. The second kappa shape index (κ2) is 6.79. The lowest BCUT2D eigenvalue weighted by Crippen LogP contribution is -2.41. The van der Waals surface area contributed by atoms with E-state index in [9.17, 15) is 4.79 Å². The van der Waals surface area contributed by atoms with Crippen LogP contribution in [0.3, 0.4) is 0 Å². The van der Waals surface area contributed by atoms with Crippen molar-refractivity contribution in [2.75, 3.05) is 0 Å². The number of para-hydroxylation sites is 1. The number of nitrogens with one attached hydrogen (secondary N) is 1. The number of rotatable bonds is 4. The first kappa shape index (κ1) is 17.3. The summed E-state index contributed by atoms with van der Waals surface area (Å²) >= 11 is 0. The van der Waals surface area contributed by atoms with Crippen molar-refractivity contribution in [1.29, 1.82) is 0 Å². The minimum absolute atomic E-state index is 0.0703. The molecule has 0 aliphatic carbocycles. The van der Waals surface area contributed by atoms with Crippen LogP contribution in [0.5, 0.6) is 11.5 Å². The van der Waals surface area contributed by atoms with Gasteiger partial charge in [-0.15, -0.1) is 0 Å². The third-order valence-electron chi connectivity index (χ3n) is 4.17. The zero-order chi connectivity index (χ0) is 18.0. The number of hydrogen-bond donors (Lipinski definition) is 1. The zero-order valence-electron chi connectivity index (χ0n) is 15.2. The fraction of sp³-hybridized carbons (Fsp3) is 0.381. The molecule has 1 aliphatic rings. The Balaban J connectivity index is 1.76. The van der Waals surface area contributed by atoms with Gasteiger partial charge in [0.25, 0.3) is 5.91 Å². The Morgan fingerprint density at radius 3 is 2.52 bits per heavy atom. The third-order valence-corrected chi connectivity index (χ3v) is 4.17. The van der Waals surface area contributed by atoms with Crippen molar-refractivity contribution in [1.82, 2.24) is 5.32 Å². The Bertz CT molecular complexity index is 750. The molecule has 132 valence electrons. The fourth-order valence-electron chi connectivity index (χ4n) is 3.13. The van der Waals surface area contributed by atoms with Gasteiger partial charge in [-0.1, -0.05) is 18.2 Å². The molecule has 0 bridgehead atoms. The molecule has 1 atom stereocenters. The van der Waals surface area contributed by atoms with E-state index in [2.05, 4.69) is 5.32 Å². The highest BCUT2D eigenvalue weighted by Crippen LogP contribution is 2.39. The maximum atomic E-state index is 12.7. The molecule has 0 saturated heterocycles. The van der Waals surface area contributed by atoms with Crippen LogP contribution in [0.2, 0.25) is 0 Å². The Labute approximate surface area is 149 Å². The van der Waals surface area contributed by atoms with Crippen molar-refractivity contribution in [2.24, 2.45) is 0 Å². The summed E-state index contributed by atoms with van der Waals surface area (Å²) in [6.45, 7) is 8.04. The normalized spacial score (nSPS) is 18.2. The van der Waals surface area contributed by atoms with Gasteiger partial charge in [0.15, 0.2) is 0 Å². The number of hydrogen-bond acceptors (Lipinski definition) is 3. The topological polar surface area (TPSA) is 47.6 Å². The Kier molecular flexibility index (Phi) is 4.71. The van der Waals surface area contributed by atoms with Crippen LogP contribution in [0.1, 0.15) is 56.1 Å². The number of amides is 1. The monoisotopic (exact) mass is 339 g/mol. The van der Waals surface area contributed by atoms with Crippen LogP contribution < -0.4 is 14.8 Å². The standard InChI is InChI=1S/C21H25NO3/c1-14(2)24-16-11-9-15(10-12-16)20(23)22-18-13-21(3,4)25-19-8-6-5-7-17(18)19/h5-12,14,18H,13H2,1-4H3,(H,22,23)/t18-/m0/s1. The van der Waals surface area contributed by atoms with Crippen LogP contribution in [0.4, 0.5) is 0 Å². The summed E-state index contributed by atoms with van der Waals surface area (Å²) < 4.78 is 11.6. The molecular weight excluding hydrogens is 314 g/mol. The molecule has 1 heterocycles. The maximum absolute atomic E-state index is 12.7. The van der Waals surface area contributed by atoms with E-state index in [1.165, 1.54) is 0 Å². The number of carbonyl (C=O) groups excluding carboxylic acids is 1. The molecule has 0 radical (unpaired) electrons. The minimum Gasteiger partial charge on any atom is -0.491 e. The number of ether oxygens (including phenoxy) is 2. The molecule has 3 rings (SSSR count).